The smallest absolute Gasteiger partial charge is 0.215 e. The average Bonchev–Trinajstić information content (AvgIpc) is 2.80. The van der Waals surface area contributed by atoms with E-state index < -0.39 is 0 Å². The molecule has 0 saturated heterocycles. The summed E-state index contributed by atoms with van der Waals surface area (Å²) in [5.74, 6) is 0.198. The van der Waals surface area contributed by atoms with Crippen molar-refractivity contribution < 1.29 is 14.6 Å². The van der Waals surface area contributed by atoms with E-state index in [-0.39, 0.29) is 17.2 Å². The Morgan fingerprint density at radius 2 is 2.26 bits per heavy atom. The number of hydrogen-bond donors (Lipinski definition) is 0. The van der Waals surface area contributed by atoms with Crippen LogP contribution in [0.5, 0.6) is 0 Å². The van der Waals surface area contributed by atoms with E-state index in [0.29, 0.717) is 6.42 Å². The first kappa shape index (κ1) is 15.9. The molecular weight excluding hydrogens is 262 g/mol. The van der Waals surface area contributed by atoms with Crippen LogP contribution in [-0.2, 0) is 21.0 Å². The molecule has 0 aliphatic heterocycles. The van der Waals surface area contributed by atoms with Gasteiger partial charge in [-0.15, -0.1) is 11.3 Å². The second-order valence-corrected chi connectivity index (χ2v) is 6.36. The molecule has 106 valence electrons. The van der Waals surface area contributed by atoms with Crippen molar-refractivity contribution >= 4 is 23.5 Å². The predicted octanol–water partition coefficient (Wildman–Crippen LogP) is 3.27. The van der Waals surface area contributed by atoms with Crippen molar-refractivity contribution in [2.75, 3.05) is 7.11 Å². The maximum Gasteiger partial charge on any atom is 0.215 e. The van der Waals surface area contributed by atoms with Crippen molar-refractivity contribution in [3.8, 4) is 0 Å². The van der Waals surface area contributed by atoms with Crippen LogP contribution in [0.25, 0.3) is 0 Å². The maximum absolute atomic E-state index is 12.1. The summed E-state index contributed by atoms with van der Waals surface area (Å²) in [5.41, 5.74) is -0.342. The molecule has 0 amide bonds. The van der Waals surface area contributed by atoms with Gasteiger partial charge >= 0.3 is 0 Å². The first-order valence-electron chi connectivity index (χ1n) is 6.20. The zero-order valence-corrected chi connectivity index (χ0v) is 12.7. The SMILES string of the molecule is COOC=N[C@H](CC(=O)C(C)(C)C)Cc1cccs1. The second kappa shape index (κ2) is 7.40. The molecule has 0 unspecified atom stereocenters. The minimum Gasteiger partial charge on any atom is -0.326 e. The fraction of sp³-hybridized carbons (Fsp3) is 0.571. The standard InChI is InChI=1S/C14H21NO3S/c1-14(2,3)13(16)9-11(15-10-18-17-4)8-12-6-5-7-19-12/h5-7,10-11H,8-9H2,1-4H3/t11-/m0/s1. The fourth-order valence-corrected chi connectivity index (χ4v) is 2.29. The molecule has 4 nitrogen and oxygen atoms in total. The lowest BCUT2D eigenvalue weighted by Crippen LogP contribution is -2.25. The lowest BCUT2D eigenvalue weighted by molar-refractivity contribution is -0.188. The number of ketones is 1. The van der Waals surface area contributed by atoms with E-state index in [2.05, 4.69) is 14.8 Å². The number of Topliss-reactive ketones (excluding diaryl/α,β-unsaturated/α-hetero) is 1. The highest BCUT2D eigenvalue weighted by Crippen LogP contribution is 2.21. The first-order valence-corrected chi connectivity index (χ1v) is 7.08. The molecule has 1 aromatic heterocycles. The van der Waals surface area contributed by atoms with Gasteiger partial charge in [0.1, 0.15) is 5.78 Å². The van der Waals surface area contributed by atoms with E-state index in [4.69, 9.17) is 0 Å². The minimum atomic E-state index is -0.342. The molecule has 1 aromatic rings. The average molecular weight is 283 g/mol. The van der Waals surface area contributed by atoms with Crippen molar-refractivity contribution in [3.05, 3.63) is 22.4 Å². The topological polar surface area (TPSA) is 47.9 Å². The minimum absolute atomic E-state index is 0.111. The van der Waals surface area contributed by atoms with Crippen molar-refractivity contribution in [2.24, 2.45) is 10.4 Å². The first-order chi connectivity index (χ1) is 8.93. The number of rotatable bonds is 7. The van der Waals surface area contributed by atoms with Gasteiger partial charge in [0.15, 0.2) is 0 Å². The highest BCUT2D eigenvalue weighted by atomic mass is 32.1. The molecule has 0 bridgehead atoms. The molecule has 19 heavy (non-hydrogen) atoms. The number of aliphatic imine (C=N–C) groups is 1. The normalized spacial score (nSPS) is 13.7. The van der Waals surface area contributed by atoms with Gasteiger partial charge in [-0.1, -0.05) is 26.8 Å². The fourth-order valence-electron chi connectivity index (χ4n) is 1.51. The van der Waals surface area contributed by atoms with Gasteiger partial charge in [-0.25, -0.2) is 0 Å². The van der Waals surface area contributed by atoms with E-state index >= 15 is 0 Å². The Hall–Kier alpha value is -1.20. The number of carbonyl (C=O) groups is 1. The Labute approximate surface area is 118 Å². The van der Waals surface area contributed by atoms with Gasteiger partial charge in [-0.3, -0.25) is 9.79 Å². The van der Waals surface area contributed by atoms with Crippen molar-refractivity contribution in [1.29, 1.82) is 0 Å². The quantitative estimate of drug-likeness (QED) is 0.334. The van der Waals surface area contributed by atoms with E-state index in [1.54, 1.807) is 11.3 Å². The number of thiophene rings is 1. The van der Waals surface area contributed by atoms with E-state index in [1.165, 1.54) is 18.4 Å². The Bertz CT molecular complexity index is 407. The van der Waals surface area contributed by atoms with Crippen molar-refractivity contribution in [2.45, 2.75) is 39.7 Å². The molecule has 0 spiro atoms. The van der Waals surface area contributed by atoms with Crippen molar-refractivity contribution in [1.82, 2.24) is 0 Å². The molecule has 0 saturated carbocycles. The molecule has 0 aliphatic rings. The number of carbonyl (C=O) groups excluding carboxylic acids is 1. The third-order valence-electron chi connectivity index (χ3n) is 2.69. The molecule has 1 atom stereocenters. The third-order valence-corrected chi connectivity index (χ3v) is 3.58. The zero-order valence-electron chi connectivity index (χ0n) is 11.9. The maximum atomic E-state index is 12.1. The Balaban J connectivity index is 2.66. The van der Waals surface area contributed by atoms with Crippen LogP contribution in [0.1, 0.15) is 32.1 Å². The zero-order chi connectivity index (χ0) is 14.3. The van der Waals surface area contributed by atoms with E-state index in [0.717, 1.165) is 6.42 Å². The molecule has 0 radical (unpaired) electrons. The van der Waals surface area contributed by atoms with Crippen LogP contribution in [0.2, 0.25) is 0 Å². The molecule has 0 fully saturated rings. The summed E-state index contributed by atoms with van der Waals surface area (Å²) in [6.45, 7) is 5.77. The summed E-state index contributed by atoms with van der Waals surface area (Å²) < 4.78 is 0. The van der Waals surface area contributed by atoms with Crippen molar-refractivity contribution in [3.63, 3.8) is 0 Å². The largest absolute Gasteiger partial charge is 0.326 e. The highest BCUT2D eigenvalue weighted by Gasteiger charge is 2.24. The Morgan fingerprint density at radius 3 is 2.79 bits per heavy atom. The van der Waals surface area contributed by atoms with Crippen LogP contribution in [0, 0.1) is 5.41 Å². The van der Waals surface area contributed by atoms with Crippen LogP contribution >= 0.6 is 11.3 Å². The van der Waals surface area contributed by atoms with E-state index in [9.17, 15) is 4.79 Å². The molecule has 5 heteroatoms. The monoisotopic (exact) mass is 283 g/mol. The molecule has 0 aliphatic carbocycles. The summed E-state index contributed by atoms with van der Waals surface area (Å²) in [4.78, 5) is 26.7. The third kappa shape index (κ3) is 5.98. The Kier molecular flexibility index (Phi) is 6.18. The summed E-state index contributed by atoms with van der Waals surface area (Å²) in [5, 5.41) is 2.02. The van der Waals surface area contributed by atoms with Crippen LogP contribution in [-0.4, -0.2) is 25.3 Å². The predicted molar refractivity (Wildman–Crippen MR) is 77.5 cm³/mol. The number of nitrogens with zero attached hydrogens (tertiary/aromatic N) is 1. The van der Waals surface area contributed by atoms with Gasteiger partial charge in [-0.2, -0.15) is 4.89 Å². The molecule has 1 heterocycles. The van der Waals surface area contributed by atoms with Crippen LogP contribution in [0.3, 0.4) is 0 Å². The second-order valence-electron chi connectivity index (χ2n) is 5.33. The Morgan fingerprint density at radius 1 is 1.53 bits per heavy atom. The van der Waals surface area contributed by atoms with E-state index in [1.807, 2.05) is 38.3 Å². The molecule has 0 N–H and O–H groups in total. The summed E-state index contributed by atoms with van der Waals surface area (Å²) in [6.07, 6.45) is 2.41. The summed E-state index contributed by atoms with van der Waals surface area (Å²) in [7, 11) is 1.42. The molecule has 0 aromatic carbocycles. The molecule has 1 rings (SSSR count). The van der Waals surface area contributed by atoms with Gasteiger partial charge < -0.3 is 4.89 Å². The van der Waals surface area contributed by atoms with Crippen LogP contribution in [0.4, 0.5) is 0 Å². The molecular formula is C14H21NO3S. The highest BCUT2D eigenvalue weighted by molar-refractivity contribution is 7.09. The van der Waals surface area contributed by atoms with Gasteiger partial charge in [0.25, 0.3) is 0 Å². The number of hydrogen-bond acceptors (Lipinski definition) is 5. The lowest BCUT2D eigenvalue weighted by atomic mass is 9.86. The van der Waals surface area contributed by atoms with Crippen LogP contribution in [0.15, 0.2) is 22.5 Å². The summed E-state index contributed by atoms with van der Waals surface area (Å²) >= 11 is 1.67. The van der Waals surface area contributed by atoms with Gasteiger partial charge in [0.2, 0.25) is 6.40 Å². The lowest BCUT2D eigenvalue weighted by Gasteiger charge is -2.19. The summed E-state index contributed by atoms with van der Waals surface area (Å²) in [6, 6.07) is 3.93. The van der Waals surface area contributed by atoms with Crippen LogP contribution < -0.4 is 0 Å². The van der Waals surface area contributed by atoms with Gasteiger partial charge in [-0.05, 0) is 11.4 Å². The van der Waals surface area contributed by atoms with Gasteiger partial charge in [0, 0.05) is 23.1 Å². The van der Waals surface area contributed by atoms with Gasteiger partial charge in [0.05, 0.1) is 13.2 Å².